The maximum Gasteiger partial charge on any atom is 0.240 e. The number of sulfonamides is 1. The minimum absolute atomic E-state index is 0.0867. The van der Waals surface area contributed by atoms with Crippen LogP contribution >= 0.6 is 15.9 Å². The van der Waals surface area contributed by atoms with Crippen LogP contribution in [0.25, 0.3) is 0 Å². The van der Waals surface area contributed by atoms with Crippen molar-refractivity contribution in [3.8, 4) is 0 Å². The van der Waals surface area contributed by atoms with Gasteiger partial charge in [0.2, 0.25) is 10.0 Å². The predicted octanol–water partition coefficient (Wildman–Crippen LogP) is 2.36. The van der Waals surface area contributed by atoms with Crippen LogP contribution in [-0.4, -0.2) is 13.6 Å². The van der Waals surface area contributed by atoms with Crippen LogP contribution in [0, 0.1) is 6.92 Å². The van der Waals surface area contributed by atoms with E-state index in [1.54, 1.807) is 37.3 Å². The largest absolute Gasteiger partial charge is 0.360 e. The van der Waals surface area contributed by atoms with Gasteiger partial charge < -0.3 is 4.52 Å². The molecule has 1 heterocycles. The summed E-state index contributed by atoms with van der Waals surface area (Å²) in [6.07, 6.45) is 0. The summed E-state index contributed by atoms with van der Waals surface area (Å²) in [5, 5.41) is 4.39. The van der Waals surface area contributed by atoms with Gasteiger partial charge in [0.25, 0.3) is 0 Å². The molecule has 0 spiro atoms. The summed E-state index contributed by atoms with van der Waals surface area (Å²) in [5.41, 5.74) is 1.74. The second kappa shape index (κ2) is 5.85. The molecule has 102 valence electrons. The maximum atomic E-state index is 12.0. The maximum absolute atomic E-state index is 12.0. The molecule has 2 aromatic rings. The van der Waals surface area contributed by atoms with Gasteiger partial charge in [-0.3, -0.25) is 0 Å². The fourth-order valence-corrected chi connectivity index (χ4v) is 2.87. The number of aromatic nitrogens is 1. The van der Waals surface area contributed by atoms with Gasteiger partial charge in [0.1, 0.15) is 0 Å². The Hall–Kier alpha value is -1.18. The van der Waals surface area contributed by atoms with Crippen molar-refractivity contribution in [3.63, 3.8) is 0 Å². The van der Waals surface area contributed by atoms with Crippen molar-refractivity contribution in [2.75, 3.05) is 0 Å². The molecule has 0 aliphatic carbocycles. The lowest BCUT2D eigenvalue weighted by molar-refractivity contribution is 0.377. The SMILES string of the molecule is Cc1cc(CNS(=O)(=O)c2ccc(CBr)cc2)on1. The zero-order valence-electron chi connectivity index (χ0n) is 10.3. The summed E-state index contributed by atoms with van der Waals surface area (Å²) in [6, 6.07) is 8.37. The van der Waals surface area contributed by atoms with Gasteiger partial charge in [-0.15, -0.1) is 0 Å². The third-order valence-electron chi connectivity index (χ3n) is 2.50. The van der Waals surface area contributed by atoms with Crippen molar-refractivity contribution < 1.29 is 12.9 Å². The van der Waals surface area contributed by atoms with E-state index in [-0.39, 0.29) is 11.4 Å². The molecule has 0 fully saturated rings. The molecule has 0 saturated carbocycles. The lowest BCUT2D eigenvalue weighted by Gasteiger charge is -2.05. The molecule has 0 bridgehead atoms. The van der Waals surface area contributed by atoms with Crippen LogP contribution in [0.3, 0.4) is 0 Å². The number of aryl methyl sites for hydroxylation is 1. The third-order valence-corrected chi connectivity index (χ3v) is 4.57. The first-order valence-electron chi connectivity index (χ1n) is 5.58. The van der Waals surface area contributed by atoms with Crippen LogP contribution in [0.15, 0.2) is 39.8 Å². The van der Waals surface area contributed by atoms with E-state index in [0.29, 0.717) is 11.1 Å². The molecular formula is C12H13BrN2O3S. The second-order valence-corrected chi connectivity index (χ2v) is 6.36. The summed E-state index contributed by atoms with van der Waals surface area (Å²) >= 11 is 3.31. The van der Waals surface area contributed by atoms with Crippen LogP contribution in [0.2, 0.25) is 0 Å². The van der Waals surface area contributed by atoms with Gasteiger partial charge in [-0.05, 0) is 24.6 Å². The average molecular weight is 345 g/mol. The molecule has 0 unspecified atom stereocenters. The Balaban J connectivity index is 2.09. The fraction of sp³-hybridized carbons (Fsp3) is 0.250. The molecule has 0 saturated heterocycles. The number of alkyl halides is 1. The molecule has 0 amide bonds. The Bertz CT molecular complexity index is 650. The molecule has 1 aromatic carbocycles. The lowest BCUT2D eigenvalue weighted by Crippen LogP contribution is -2.23. The first kappa shape index (κ1) is 14.2. The van der Waals surface area contributed by atoms with Crippen molar-refractivity contribution in [2.45, 2.75) is 23.7 Å². The number of halogens is 1. The molecule has 1 aromatic heterocycles. The average Bonchev–Trinajstić information content (AvgIpc) is 2.82. The Kier molecular flexibility index (Phi) is 4.38. The van der Waals surface area contributed by atoms with E-state index in [4.69, 9.17) is 4.52 Å². The van der Waals surface area contributed by atoms with Crippen LogP contribution in [0.4, 0.5) is 0 Å². The quantitative estimate of drug-likeness (QED) is 0.845. The zero-order chi connectivity index (χ0) is 13.9. The van der Waals surface area contributed by atoms with E-state index in [1.807, 2.05) is 0 Å². The van der Waals surface area contributed by atoms with Crippen LogP contribution in [-0.2, 0) is 21.9 Å². The van der Waals surface area contributed by atoms with Crippen LogP contribution < -0.4 is 4.72 Å². The topological polar surface area (TPSA) is 72.2 Å². The molecule has 0 aliphatic heterocycles. The van der Waals surface area contributed by atoms with Gasteiger partial charge in [0.15, 0.2) is 5.76 Å². The highest BCUT2D eigenvalue weighted by Gasteiger charge is 2.14. The normalized spacial score (nSPS) is 11.7. The standard InChI is InChI=1S/C12H13BrN2O3S/c1-9-6-11(18-15-9)8-14-19(16,17)12-4-2-10(7-13)3-5-12/h2-6,14H,7-8H2,1H3. The zero-order valence-corrected chi connectivity index (χ0v) is 12.7. The highest BCUT2D eigenvalue weighted by atomic mass is 79.9. The number of hydrogen-bond donors (Lipinski definition) is 1. The molecule has 19 heavy (non-hydrogen) atoms. The highest BCUT2D eigenvalue weighted by molar-refractivity contribution is 9.08. The smallest absolute Gasteiger partial charge is 0.240 e. The predicted molar refractivity (Wildman–Crippen MR) is 74.3 cm³/mol. The van der Waals surface area contributed by atoms with Crippen molar-refractivity contribution in [1.82, 2.24) is 9.88 Å². The van der Waals surface area contributed by atoms with Crippen molar-refractivity contribution in [2.24, 2.45) is 0 Å². The van der Waals surface area contributed by atoms with Gasteiger partial charge in [-0.1, -0.05) is 33.2 Å². The number of nitrogens with zero attached hydrogens (tertiary/aromatic N) is 1. The van der Waals surface area contributed by atoms with Crippen LogP contribution in [0.5, 0.6) is 0 Å². The molecule has 2 rings (SSSR count). The Morgan fingerprint density at radius 3 is 2.53 bits per heavy atom. The second-order valence-electron chi connectivity index (χ2n) is 4.04. The molecule has 0 atom stereocenters. The lowest BCUT2D eigenvalue weighted by atomic mass is 10.2. The summed E-state index contributed by atoms with van der Waals surface area (Å²) in [6.45, 7) is 1.86. The summed E-state index contributed by atoms with van der Waals surface area (Å²) in [7, 11) is -3.53. The Morgan fingerprint density at radius 1 is 1.32 bits per heavy atom. The highest BCUT2D eigenvalue weighted by Crippen LogP contribution is 2.13. The molecule has 0 radical (unpaired) electrons. The number of nitrogens with one attached hydrogen (secondary N) is 1. The van der Waals surface area contributed by atoms with Crippen LogP contribution in [0.1, 0.15) is 17.0 Å². The van der Waals surface area contributed by atoms with E-state index in [2.05, 4.69) is 25.8 Å². The minimum Gasteiger partial charge on any atom is -0.360 e. The first-order chi connectivity index (χ1) is 9.01. The van der Waals surface area contributed by atoms with Gasteiger partial charge >= 0.3 is 0 Å². The Morgan fingerprint density at radius 2 is 2.00 bits per heavy atom. The summed E-state index contributed by atoms with van der Waals surface area (Å²) in [5.74, 6) is 0.484. The third kappa shape index (κ3) is 3.65. The van der Waals surface area contributed by atoms with Gasteiger partial charge in [-0.25, -0.2) is 13.1 Å². The van der Waals surface area contributed by atoms with Gasteiger partial charge in [0, 0.05) is 11.4 Å². The molecule has 1 N–H and O–H groups in total. The van der Waals surface area contributed by atoms with Crippen molar-refractivity contribution in [3.05, 3.63) is 47.3 Å². The minimum atomic E-state index is -3.53. The fourth-order valence-electron chi connectivity index (χ4n) is 1.51. The molecule has 5 nitrogen and oxygen atoms in total. The first-order valence-corrected chi connectivity index (χ1v) is 8.18. The van der Waals surface area contributed by atoms with Crippen molar-refractivity contribution in [1.29, 1.82) is 0 Å². The monoisotopic (exact) mass is 344 g/mol. The van der Waals surface area contributed by atoms with E-state index >= 15 is 0 Å². The molecule has 0 aliphatic rings. The van der Waals surface area contributed by atoms with Gasteiger partial charge in [-0.2, -0.15) is 0 Å². The summed E-state index contributed by atoms with van der Waals surface area (Å²) in [4.78, 5) is 0.230. The summed E-state index contributed by atoms with van der Waals surface area (Å²) < 4.78 is 31.5. The number of benzene rings is 1. The van der Waals surface area contributed by atoms with Gasteiger partial charge in [0.05, 0.1) is 17.1 Å². The Labute approximate surface area is 120 Å². The van der Waals surface area contributed by atoms with E-state index < -0.39 is 10.0 Å². The molecule has 7 heteroatoms. The molecular weight excluding hydrogens is 332 g/mol. The van der Waals surface area contributed by atoms with E-state index in [9.17, 15) is 8.42 Å². The number of hydrogen-bond acceptors (Lipinski definition) is 4. The van der Waals surface area contributed by atoms with Crippen molar-refractivity contribution >= 4 is 26.0 Å². The van der Waals surface area contributed by atoms with E-state index in [0.717, 1.165) is 11.3 Å². The van der Waals surface area contributed by atoms with E-state index in [1.165, 1.54) is 0 Å². The number of rotatable bonds is 5.